The lowest BCUT2D eigenvalue weighted by Gasteiger charge is -2.39. The molecule has 4 heterocycles. The normalized spacial score (nSPS) is 24.3. The van der Waals surface area contributed by atoms with Gasteiger partial charge in [0.15, 0.2) is 11.5 Å². The Morgan fingerprint density at radius 3 is 2.38 bits per heavy atom. The van der Waals surface area contributed by atoms with Crippen LogP contribution in [0.4, 0.5) is 11.4 Å². The molecule has 0 radical (unpaired) electrons. The van der Waals surface area contributed by atoms with Crippen molar-refractivity contribution in [3.05, 3.63) is 125 Å². The molecule has 1 spiro atoms. The van der Waals surface area contributed by atoms with Gasteiger partial charge in [0.25, 0.3) is 0 Å². The first kappa shape index (κ1) is 24.3. The van der Waals surface area contributed by atoms with E-state index in [1.807, 2.05) is 74.2 Å². The zero-order chi connectivity index (χ0) is 27.8. The smallest absolute Gasteiger partial charge is 0.238 e. The number of rotatable bonds is 4. The summed E-state index contributed by atoms with van der Waals surface area (Å²) in [6.07, 6.45) is 3.51. The highest BCUT2D eigenvalue weighted by Crippen LogP contribution is 2.58. The van der Waals surface area contributed by atoms with Crippen LogP contribution in [0, 0.1) is 19.8 Å². The van der Waals surface area contributed by atoms with Crippen LogP contribution in [0.15, 0.2) is 95.6 Å². The first-order chi connectivity index (χ1) is 19.3. The van der Waals surface area contributed by atoms with Gasteiger partial charge >= 0.3 is 0 Å². The number of hydrogen-bond acceptors (Lipinski definition) is 5. The summed E-state index contributed by atoms with van der Waals surface area (Å²) in [5.74, 6) is -1.77. The Morgan fingerprint density at radius 1 is 0.875 bits per heavy atom. The number of para-hydroxylation sites is 1. The number of amides is 1. The lowest BCUT2D eigenvalue weighted by atomic mass is 9.64. The van der Waals surface area contributed by atoms with E-state index in [0.29, 0.717) is 11.3 Å². The van der Waals surface area contributed by atoms with Gasteiger partial charge in [0.1, 0.15) is 11.5 Å². The van der Waals surface area contributed by atoms with Crippen LogP contribution < -0.4 is 10.2 Å². The maximum absolute atomic E-state index is 14.6. The first-order valence-corrected chi connectivity index (χ1v) is 13.5. The van der Waals surface area contributed by atoms with Crippen LogP contribution in [0.2, 0.25) is 0 Å². The second-order valence-corrected chi connectivity index (χ2v) is 11.1. The Kier molecular flexibility index (Phi) is 5.26. The summed E-state index contributed by atoms with van der Waals surface area (Å²) >= 11 is 0. The van der Waals surface area contributed by atoms with E-state index >= 15 is 0 Å². The van der Waals surface area contributed by atoms with E-state index in [-0.39, 0.29) is 23.2 Å². The van der Waals surface area contributed by atoms with Gasteiger partial charge in [0.2, 0.25) is 11.7 Å². The molecule has 1 N–H and O–H groups in total. The van der Waals surface area contributed by atoms with Crippen LogP contribution in [0.1, 0.15) is 50.1 Å². The van der Waals surface area contributed by atoms with Crippen LogP contribution in [-0.4, -0.2) is 29.6 Å². The second-order valence-electron chi connectivity index (χ2n) is 11.1. The van der Waals surface area contributed by atoms with Gasteiger partial charge in [0, 0.05) is 22.5 Å². The average Bonchev–Trinajstić information content (AvgIpc) is 3.66. The molecular formula is C34H28N2O4. The highest BCUT2D eigenvalue weighted by molar-refractivity contribution is 6.18. The molecule has 1 aromatic heterocycles. The second kappa shape index (κ2) is 8.65. The zero-order valence-corrected chi connectivity index (χ0v) is 22.5. The number of ketones is 2. The number of benzene rings is 3. The van der Waals surface area contributed by atoms with Crippen molar-refractivity contribution in [1.29, 1.82) is 0 Å². The molecule has 3 aromatic carbocycles. The van der Waals surface area contributed by atoms with Gasteiger partial charge in [-0.2, -0.15) is 0 Å². The molecule has 4 atom stereocenters. The number of furan rings is 1. The van der Waals surface area contributed by atoms with E-state index < -0.39 is 23.4 Å². The number of aryl methyl sites for hydroxylation is 2. The van der Waals surface area contributed by atoms with Crippen LogP contribution in [-0.2, 0) is 10.2 Å². The van der Waals surface area contributed by atoms with Crippen molar-refractivity contribution in [3.63, 3.8) is 0 Å². The van der Waals surface area contributed by atoms with Crippen LogP contribution >= 0.6 is 0 Å². The van der Waals surface area contributed by atoms with Crippen molar-refractivity contribution in [2.24, 2.45) is 5.92 Å². The molecule has 6 heteroatoms. The minimum Gasteiger partial charge on any atom is -0.461 e. The number of anilines is 2. The van der Waals surface area contributed by atoms with Crippen LogP contribution in [0.3, 0.4) is 0 Å². The number of Topliss-reactive ketones (excluding diaryl/α,β-unsaturated/α-hetero) is 2. The molecule has 0 saturated carbocycles. The van der Waals surface area contributed by atoms with Crippen molar-refractivity contribution in [1.82, 2.24) is 0 Å². The molecule has 0 aliphatic carbocycles. The van der Waals surface area contributed by atoms with E-state index in [4.69, 9.17) is 4.42 Å². The summed E-state index contributed by atoms with van der Waals surface area (Å²) in [4.78, 5) is 45.6. The van der Waals surface area contributed by atoms with Crippen molar-refractivity contribution < 1.29 is 18.8 Å². The lowest BCUT2D eigenvalue weighted by molar-refractivity contribution is -0.121. The summed E-state index contributed by atoms with van der Waals surface area (Å²) in [7, 11) is 0. The molecule has 3 aliphatic rings. The third-order valence-corrected chi connectivity index (χ3v) is 8.78. The molecule has 7 rings (SSSR count). The molecule has 40 heavy (non-hydrogen) atoms. The van der Waals surface area contributed by atoms with Crippen LogP contribution in [0.25, 0.3) is 5.57 Å². The molecule has 1 saturated heterocycles. The highest BCUT2D eigenvalue weighted by atomic mass is 16.3. The molecule has 4 aromatic rings. The molecule has 6 nitrogen and oxygen atoms in total. The predicted molar refractivity (Wildman–Crippen MR) is 154 cm³/mol. The summed E-state index contributed by atoms with van der Waals surface area (Å²) in [6, 6.07) is 22.8. The summed E-state index contributed by atoms with van der Waals surface area (Å²) < 4.78 is 5.62. The standard InChI is InChI=1S/C34H28N2O4/c1-19-10-13-22(14-11-19)31(37)30-29(32(38)27-9-6-16-40-27)34(24-7-4-5-8-25(24)35-33(34)39)28-18-21(3)23-17-20(2)12-15-26(23)36(28)30/h4-18,28-30H,1-3H3,(H,35,39). The summed E-state index contributed by atoms with van der Waals surface area (Å²) in [5, 5.41) is 3.06. The number of nitrogens with zero attached hydrogens (tertiary/aromatic N) is 1. The molecule has 1 fully saturated rings. The minimum atomic E-state index is -1.35. The Balaban J connectivity index is 1.56. The zero-order valence-electron chi connectivity index (χ0n) is 22.5. The Morgan fingerprint density at radius 2 is 1.62 bits per heavy atom. The maximum Gasteiger partial charge on any atom is 0.238 e. The number of allylic oxidation sites excluding steroid dienone is 1. The number of nitrogens with one attached hydrogen (secondary N) is 1. The quantitative estimate of drug-likeness (QED) is 0.322. The van der Waals surface area contributed by atoms with Gasteiger partial charge in [-0.15, -0.1) is 0 Å². The first-order valence-electron chi connectivity index (χ1n) is 13.5. The number of carbonyl (C=O) groups excluding carboxylic acids is 3. The van der Waals surface area contributed by atoms with Gasteiger partial charge in [-0.1, -0.05) is 65.7 Å². The van der Waals surface area contributed by atoms with Gasteiger partial charge in [-0.25, -0.2) is 0 Å². The van der Waals surface area contributed by atoms with E-state index in [9.17, 15) is 14.4 Å². The van der Waals surface area contributed by atoms with E-state index in [1.165, 1.54) is 6.26 Å². The predicted octanol–water partition coefficient (Wildman–Crippen LogP) is 6.14. The molecule has 1 amide bonds. The maximum atomic E-state index is 14.6. The third-order valence-electron chi connectivity index (χ3n) is 8.78. The largest absolute Gasteiger partial charge is 0.461 e. The molecule has 4 unspecified atom stereocenters. The molecule has 0 bridgehead atoms. The van der Waals surface area contributed by atoms with E-state index in [0.717, 1.165) is 33.5 Å². The van der Waals surface area contributed by atoms with Gasteiger partial charge < -0.3 is 14.6 Å². The van der Waals surface area contributed by atoms with Crippen molar-refractivity contribution in [2.45, 2.75) is 38.3 Å². The number of hydrogen-bond donors (Lipinski definition) is 1. The molecule has 3 aliphatic heterocycles. The highest BCUT2D eigenvalue weighted by Gasteiger charge is 2.70. The average molecular weight is 529 g/mol. The Hall–Kier alpha value is -4.71. The minimum absolute atomic E-state index is 0.132. The number of fused-ring (bicyclic) bond motifs is 6. The lowest BCUT2D eigenvalue weighted by Crippen LogP contribution is -2.51. The van der Waals surface area contributed by atoms with Gasteiger partial charge in [0.05, 0.1) is 18.2 Å². The summed E-state index contributed by atoms with van der Waals surface area (Å²) in [5.41, 5.74) is 5.48. The van der Waals surface area contributed by atoms with Crippen molar-refractivity contribution in [2.75, 3.05) is 10.2 Å². The van der Waals surface area contributed by atoms with Crippen LogP contribution in [0.5, 0.6) is 0 Å². The van der Waals surface area contributed by atoms with E-state index in [1.54, 1.807) is 24.3 Å². The summed E-state index contributed by atoms with van der Waals surface area (Å²) in [6.45, 7) is 6.03. The van der Waals surface area contributed by atoms with E-state index in [2.05, 4.69) is 17.5 Å². The fourth-order valence-corrected chi connectivity index (χ4v) is 7.01. The molecular weight excluding hydrogens is 500 g/mol. The van der Waals surface area contributed by atoms with Gasteiger partial charge in [-0.3, -0.25) is 14.4 Å². The topological polar surface area (TPSA) is 79.6 Å². The Labute approximate surface area is 232 Å². The Bertz CT molecular complexity index is 1730. The monoisotopic (exact) mass is 528 g/mol. The number of carbonyl (C=O) groups is 3. The fourth-order valence-electron chi connectivity index (χ4n) is 7.01. The third kappa shape index (κ3) is 3.19. The fraction of sp³-hybridized carbons (Fsp3) is 0.206. The van der Waals surface area contributed by atoms with Gasteiger partial charge in [-0.05, 0) is 62.2 Å². The SMILES string of the molecule is CC1=CC2N(c3ccc(C)cc31)C(C(=O)c1ccc(C)cc1)C(C(=O)c1ccco1)C21C(=O)Nc2ccccc21. The van der Waals surface area contributed by atoms with Crippen molar-refractivity contribution in [3.8, 4) is 0 Å². The molecule has 198 valence electrons. The van der Waals surface area contributed by atoms with Crippen molar-refractivity contribution >= 4 is 34.4 Å².